The number of nitrogens with one attached hydrogen (secondary N) is 1. The fraction of sp³-hybridized carbons (Fsp3) is 0.400. The Kier molecular flexibility index (Phi) is 1.68. The number of H-pyrrole nitrogens is 1. The molecule has 3 nitrogen and oxygen atoms in total. The Morgan fingerprint density at radius 3 is 2.93 bits per heavy atom. The maximum Gasteiger partial charge on any atom is 0.110 e. The van der Waals surface area contributed by atoms with E-state index in [1.165, 1.54) is 6.42 Å². The van der Waals surface area contributed by atoms with Crippen LogP contribution in [0.2, 0.25) is 0 Å². The van der Waals surface area contributed by atoms with E-state index in [2.05, 4.69) is 37.8 Å². The number of hydrogen-bond donors (Lipinski definition) is 1. The zero-order chi connectivity index (χ0) is 9.71. The summed E-state index contributed by atoms with van der Waals surface area (Å²) >= 11 is 3.45. The van der Waals surface area contributed by atoms with Crippen molar-refractivity contribution in [2.75, 3.05) is 0 Å². The van der Waals surface area contributed by atoms with Gasteiger partial charge < -0.3 is 4.98 Å². The highest BCUT2D eigenvalue weighted by Crippen LogP contribution is 2.46. The highest BCUT2D eigenvalue weighted by Gasteiger charge is 2.36. The lowest BCUT2D eigenvalue weighted by Gasteiger charge is -1.87. The highest BCUT2D eigenvalue weighted by molar-refractivity contribution is 9.10. The Balaban J connectivity index is 2.16. The predicted octanol–water partition coefficient (Wildman–Crippen LogP) is 2.84. The van der Waals surface area contributed by atoms with Crippen LogP contribution in [0.4, 0.5) is 0 Å². The molecule has 2 unspecified atom stereocenters. The molecular weight excluding hydrogens is 242 g/mol. The van der Waals surface area contributed by atoms with Crippen LogP contribution in [0.1, 0.15) is 25.1 Å². The quantitative estimate of drug-likeness (QED) is 0.847. The highest BCUT2D eigenvalue weighted by atomic mass is 79.9. The van der Waals surface area contributed by atoms with Gasteiger partial charge in [0, 0.05) is 12.1 Å². The molecule has 1 aliphatic rings. The molecule has 1 N–H and O–H groups in total. The number of pyridine rings is 1. The van der Waals surface area contributed by atoms with Crippen LogP contribution in [0.3, 0.4) is 0 Å². The van der Waals surface area contributed by atoms with Gasteiger partial charge in [-0.1, -0.05) is 6.92 Å². The number of halogens is 1. The molecule has 0 spiro atoms. The molecule has 72 valence electrons. The van der Waals surface area contributed by atoms with E-state index in [1.807, 2.05) is 6.20 Å². The maximum absolute atomic E-state index is 4.58. The summed E-state index contributed by atoms with van der Waals surface area (Å²) in [5.74, 6) is 2.53. The Morgan fingerprint density at radius 1 is 1.50 bits per heavy atom. The second-order valence-electron chi connectivity index (χ2n) is 3.96. The molecule has 0 aromatic carbocycles. The summed E-state index contributed by atoms with van der Waals surface area (Å²) in [7, 11) is 0. The van der Waals surface area contributed by atoms with Gasteiger partial charge in [-0.3, -0.25) is 4.98 Å². The Bertz CT molecular complexity index is 491. The first-order valence-corrected chi connectivity index (χ1v) is 5.54. The fourth-order valence-corrected chi connectivity index (χ4v) is 2.22. The van der Waals surface area contributed by atoms with Gasteiger partial charge in [0.25, 0.3) is 0 Å². The minimum absolute atomic E-state index is 0.634. The van der Waals surface area contributed by atoms with Gasteiger partial charge in [-0.15, -0.1) is 0 Å². The number of hydrogen-bond acceptors (Lipinski definition) is 2. The van der Waals surface area contributed by atoms with E-state index in [1.54, 1.807) is 6.20 Å². The second kappa shape index (κ2) is 2.79. The predicted molar refractivity (Wildman–Crippen MR) is 58.1 cm³/mol. The number of aromatic nitrogens is 3. The third-order valence-electron chi connectivity index (χ3n) is 2.83. The third kappa shape index (κ3) is 1.17. The van der Waals surface area contributed by atoms with Crippen LogP contribution in [0, 0.1) is 5.92 Å². The number of aromatic amines is 1. The zero-order valence-corrected chi connectivity index (χ0v) is 9.37. The molecule has 14 heavy (non-hydrogen) atoms. The smallest absolute Gasteiger partial charge is 0.110 e. The number of imidazole rings is 1. The molecule has 2 aromatic rings. The van der Waals surface area contributed by atoms with Gasteiger partial charge in [-0.05, 0) is 28.3 Å². The summed E-state index contributed by atoms with van der Waals surface area (Å²) in [4.78, 5) is 12.0. The average Bonchev–Trinajstić information content (AvgIpc) is 2.75. The monoisotopic (exact) mass is 251 g/mol. The Hall–Kier alpha value is -0.900. The van der Waals surface area contributed by atoms with Crippen LogP contribution < -0.4 is 0 Å². The van der Waals surface area contributed by atoms with E-state index >= 15 is 0 Å². The van der Waals surface area contributed by atoms with Crippen molar-refractivity contribution in [3.05, 3.63) is 22.7 Å². The molecule has 2 atom stereocenters. The van der Waals surface area contributed by atoms with Crippen molar-refractivity contribution in [1.29, 1.82) is 0 Å². The van der Waals surface area contributed by atoms with E-state index in [4.69, 9.17) is 0 Å². The van der Waals surface area contributed by atoms with Crippen molar-refractivity contribution in [3.8, 4) is 0 Å². The maximum atomic E-state index is 4.58. The fourth-order valence-electron chi connectivity index (χ4n) is 1.80. The molecule has 0 radical (unpaired) electrons. The number of rotatable bonds is 1. The molecule has 0 bridgehead atoms. The third-order valence-corrected chi connectivity index (χ3v) is 3.41. The molecular formula is C10H10BrN3. The molecule has 1 fully saturated rings. The topological polar surface area (TPSA) is 41.6 Å². The molecule has 0 saturated heterocycles. The summed E-state index contributed by atoms with van der Waals surface area (Å²) in [6.45, 7) is 2.26. The first kappa shape index (κ1) is 8.41. The Labute approximate surface area is 90.1 Å². The SMILES string of the molecule is CC1CC1c1nc2c(Br)cncc2[nH]1. The van der Waals surface area contributed by atoms with Crippen molar-refractivity contribution in [1.82, 2.24) is 15.0 Å². The van der Waals surface area contributed by atoms with Gasteiger partial charge in [-0.25, -0.2) is 4.98 Å². The summed E-state index contributed by atoms with van der Waals surface area (Å²) in [6, 6.07) is 0. The minimum atomic E-state index is 0.634. The first-order valence-electron chi connectivity index (χ1n) is 4.75. The summed E-state index contributed by atoms with van der Waals surface area (Å²) in [6.07, 6.45) is 4.86. The number of fused-ring (bicyclic) bond motifs is 1. The van der Waals surface area contributed by atoms with E-state index < -0.39 is 0 Å². The molecule has 2 aromatic heterocycles. The zero-order valence-electron chi connectivity index (χ0n) is 7.79. The second-order valence-corrected chi connectivity index (χ2v) is 4.81. The van der Waals surface area contributed by atoms with Gasteiger partial charge in [0.1, 0.15) is 11.3 Å². The minimum Gasteiger partial charge on any atom is -0.340 e. The van der Waals surface area contributed by atoms with Gasteiger partial charge >= 0.3 is 0 Å². The normalized spacial score (nSPS) is 25.6. The largest absolute Gasteiger partial charge is 0.340 e. The number of nitrogens with zero attached hydrogens (tertiary/aromatic N) is 2. The molecule has 1 aliphatic carbocycles. The van der Waals surface area contributed by atoms with Crippen molar-refractivity contribution < 1.29 is 0 Å². The van der Waals surface area contributed by atoms with E-state index in [0.717, 1.165) is 27.2 Å². The lowest BCUT2D eigenvalue weighted by molar-refractivity contribution is 0.867. The molecule has 4 heteroatoms. The van der Waals surface area contributed by atoms with Crippen LogP contribution in [0.25, 0.3) is 11.0 Å². The first-order chi connectivity index (χ1) is 6.75. The standard InChI is InChI=1S/C10H10BrN3/c1-5-2-6(5)10-13-8-4-12-3-7(11)9(8)14-10/h3-6H,2H2,1H3,(H,13,14). The van der Waals surface area contributed by atoms with Gasteiger partial charge in [-0.2, -0.15) is 0 Å². The van der Waals surface area contributed by atoms with E-state index in [0.29, 0.717) is 5.92 Å². The van der Waals surface area contributed by atoms with Crippen LogP contribution >= 0.6 is 15.9 Å². The molecule has 3 rings (SSSR count). The van der Waals surface area contributed by atoms with Gasteiger partial charge in [0.15, 0.2) is 0 Å². The van der Waals surface area contributed by atoms with Crippen molar-refractivity contribution in [2.24, 2.45) is 5.92 Å². The lowest BCUT2D eigenvalue weighted by atomic mass is 10.3. The van der Waals surface area contributed by atoms with E-state index in [-0.39, 0.29) is 0 Å². The van der Waals surface area contributed by atoms with Crippen LogP contribution in [0.5, 0.6) is 0 Å². The molecule has 0 amide bonds. The lowest BCUT2D eigenvalue weighted by Crippen LogP contribution is -1.82. The summed E-state index contributed by atoms with van der Waals surface area (Å²) in [5, 5.41) is 0. The Morgan fingerprint density at radius 2 is 2.29 bits per heavy atom. The van der Waals surface area contributed by atoms with E-state index in [9.17, 15) is 0 Å². The summed E-state index contributed by atoms with van der Waals surface area (Å²) in [5.41, 5.74) is 2.02. The van der Waals surface area contributed by atoms with Gasteiger partial charge in [0.05, 0.1) is 16.2 Å². The van der Waals surface area contributed by atoms with Crippen molar-refractivity contribution in [3.63, 3.8) is 0 Å². The molecule has 0 aliphatic heterocycles. The van der Waals surface area contributed by atoms with Crippen molar-refractivity contribution in [2.45, 2.75) is 19.3 Å². The van der Waals surface area contributed by atoms with Gasteiger partial charge in [0.2, 0.25) is 0 Å². The average molecular weight is 252 g/mol. The van der Waals surface area contributed by atoms with Crippen LogP contribution in [0.15, 0.2) is 16.9 Å². The van der Waals surface area contributed by atoms with Crippen LogP contribution in [-0.2, 0) is 0 Å². The summed E-state index contributed by atoms with van der Waals surface area (Å²) < 4.78 is 0.964. The van der Waals surface area contributed by atoms with Crippen molar-refractivity contribution >= 4 is 27.0 Å². The van der Waals surface area contributed by atoms with Crippen LogP contribution in [-0.4, -0.2) is 15.0 Å². The molecule has 2 heterocycles. The molecule has 1 saturated carbocycles.